The van der Waals surface area contributed by atoms with Crippen LogP contribution in [0.4, 0.5) is 0 Å². The van der Waals surface area contributed by atoms with Gasteiger partial charge in [0.25, 0.3) is 0 Å². The third kappa shape index (κ3) is 3.91. The Kier molecular flexibility index (Phi) is 6.10. The van der Waals surface area contributed by atoms with Crippen molar-refractivity contribution in [3.05, 3.63) is 90.1 Å². The van der Waals surface area contributed by atoms with E-state index in [1.165, 1.54) is 0 Å². The number of rotatable bonds is 4. The van der Waals surface area contributed by atoms with Crippen LogP contribution in [0.1, 0.15) is 18.3 Å². The van der Waals surface area contributed by atoms with E-state index in [0.29, 0.717) is 0 Å². The Morgan fingerprint density at radius 2 is 1.46 bits per heavy atom. The molecule has 120 valence electrons. The molecule has 0 saturated heterocycles. The van der Waals surface area contributed by atoms with Crippen LogP contribution in [0.15, 0.2) is 78.7 Å². The van der Waals surface area contributed by atoms with Crippen LogP contribution in [0.5, 0.6) is 0 Å². The molecule has 5 heteroatoms. The molecule has 2 nitrogen and oxygen atoms in total. The molecule has 0 fully saturated rings. The standard InChI is InChI=1S/C19H16N2.2ClH.Zr/c1-2-16(15-9-3-4-10-15)19(17-11-5-7-13-20-17)18-12-6-8-14-21-18;;;/h3-15H,1H3;2*1H;/q;;;+2/p-2. The molecule has 0 atom stereocenters. The Morgan fingerprint density at radius 3 is 1.88 bits per heavy atom. The van der Waals surface area contributed by atoms with E-state index in [1.807, 2.05) is 36.4 Å². The first kappa shape index (κ1) is 17.7. The molecule has 2 aromatic rings. The first-order valence-corrected chi connectivity index (χ1v) is 15.2. The quantitative estimate of drug-likeness (QED) is 0.666. The first-order valence-electron chi connectivity index (χ1n) is 7.62. The molecule has 0 spiro atoms. The van der Waals surface area contributed by atoms with E-state index in [0.717, 1.165) is 25.7 Å². The maximum atomic E-state index is 6.42. The predicted molar refractivity (Wildman–Crippen MR) is 98.7 cm³/mol. The van der Waals surface area contributed by atoms with Crippen molar-refractivity contribution in [2.45, 2.75) is 6.92 Å². The zero-order valence-electron chi connectivity index (χ0n) is 13.2. The van der Waals surface area contributed by atoms with Crippen LogP contribution in [-0.4, -0.2) is 13.2 Å². The molecule has 24 heavy (non-hydrogen) atoms. The summed E-state index contributed by atoms with van der Waals surface area (Å²) in [5.41, 5.74) is 3.92. The second kappa shape index (κ2) is 8.29. The van der Waals surface area contributed by atoms with E-state index in [4.69, 9.17) is 17.0 Å². The van der Waals surface area contributed by atoms with E-state index in [9.17, 15) is 0 Å². The van der Waals surface area contributed by atoms with Crippen molar-refractivity contribution in [3.8, 4) is 0 Å². The Morgan fingerprint density at radius 1 is 0.917 bits per heavy atom. The Balaban J connectivity index is 2.34. The summed E-state index contributed by atoms with van der Waals surface area (Å²) < 4.78 is 1.10. The fourth-order valence-corrected chi connectivity index (χ4v) is 5.18. The van der Waals surface area contributed by atoms with Crippen LogP contribution in [0.2, 0.25) is 0 Å². The topological polar surface area (TPSA) is 25.8 Å². The summed E-state index contributed by atoms with van der Waals surface area (Å²) in [5, 5.41) is 0. The summed E-state index contributed by atoms with van der Waals surface area (Å²) in [7, 11) is 12.8. The number of hydrogen-bond donors (Lipinski definition) is 0. The van der Waals surface area contributed by atoms with E-state index in [2.05, 4.69) is 41.2 Å². The molecule has 0 saturated carbocycles. The van der Waals surface area contributed by atoms with Gasteiger partial charge in [-0.25, -0.2) is 0 Å². The molecule has 1 aliphatic carbocycles. The summed E-state index contributed by atoms with van der Waals surface area (Å²) in [6, 6.07) is 11.8. The van der Waals surface area contributed by atoms with Crippen LogP contribution in [-0.2, 0) is 18.9 Å². The van der Waals surface area contributed by atoms with Crippen LogP contribution in [0.3, 0.4) is 0 Å². The fourth-order valence-electron chi connectivity index (χ4n) is 2.76. The molecule has 1 aliphatic rings. The van der Waals surface area contributed by atoms with Crippen LogP contribution in [0.25, 0.3) is 5.57 Å². The summed E-state index contributed by atoms with van der Waals surface area (Å²) in [6.45, 7) is 2.05. The summed E-state index contributed by atoms with van der Waals surface area (Å²) in [5.74, 6) is 0.150. The van der Waals surface area contributed by atoms with Crippen molar-refractivity contribution in [3.63, 3.8) is 0 Å². The van der Waals surface area contributed by atoms with Gasteiger partial charge in [0.2, 0.25) is 0 Å². The fraction of sp³-hybridized carbons (Fsp3) is 0.105. The van der Waals surface area contributed by atoms with Gasteiger partial charge < -0.3 is 0 Å². The molecule has 2 aromatic heterocycles. The molecule has 0 unspecified atom stereocenters. The van der Waals surface area contributed by atoms with E-state index < -0.39 is 18.9 Å². The average Bonchev–Trinajstić information content (AvgIpc) is 3.14. The van der Waals surface area contributed by atoms with Gasteiger partial charge in [-0.05, 0) is 0 Å². The monoisotopic (exact) mass is 432 g/mol. The van der Waals surface area contributed by atoms with Gasteiger partial charge in [-0.2, -0.15) is 0 Å². The second-order valence-corrected chi connectivity index (χ2v) is 14.1. The second-order valence-electron chi connectivity index (χ2n) is 5.40. The Bertz CT molecular complexity index is 783. The van der Waals surface area contributed by atoms with Crippen LogP contribution >= 0.6 is 17.0 Å². The van der Waals surface area contributed by atoms with Crippen molar-refractivity contribution in [1.29, 1.82) is 0 Å². The van der Waals surface area contributed by atoms with E-state index >= 15 is 0 Å². The van der Waals surface area contributed by atoms with Gasteiger partial charge in [0.15, 0.2) is 0 Å². The summed E-state index contributed by atoms with van der Waals surface area (Å²) in [4.78, 5) is 9.13. The van der Waals surface area contributed by atoms with Crippen LogP contribution < -0.4 is 0 Å². The van der Waals surface area contributed by atoms with Gasteiger partial charge in [0, 0.05) is 0 Å². The van der Waals surface area contributed by atoms with Gasteiger partial charge in [-0.1, -0.05) is 0 Å². The van der Waals surface area contributed by atoms with Crippen molar-refractivity contribution in [1.82, 2.24) is 9.97 Å². The summed E-state index contributed by atoms with van der Waals surface area (Å²) in [6.07, 6.45) is 12.0. The molecular weight excluding hydrogens is 418 g/mol. The number of hydrogen-bond acceptors (Lipinski definition) is 2. The molecule has 0 amide bonds. The zero-order chi connectivity index (χ0) is 16.9. The Labute approximate surface area is 156 Å². The third-order valence-electron chi connectivity index (χ3n) is 3.88. The van der Waals surface area contributed by atoms with Crippen molar-refractivity contribution in [2.24, 2.45) is 5.92 Å². The van der Waals surface area contributed by atoms with Gasteiger partial charge >= 0.3 is 158 Å². The molecule has 2 heterocycles. The van der Waals surface area contributed by atoms with Crippen LogP contribution in [0, 0.1) is 5.92 Å². The number of halogens is 2. The van der Waals surface area contributed by atoms with Gasteiger partial charge in [-0.3, -0.25) is 0 Å². The molecule has 0 aromatic carbocycles. The zero-order valence-corrected chi connectivity index (χ0v) is 17.1. The number of pyridine rings is 2. The number of nitrogens with zero attached hydrogens (tertiary/aromatic N) is 2. The van der Waals surface area contributed by atoms with Crippen molar-refractivity contribution < 1.29 is 18.9 Å². The number of allylic oxidation sites excluding steroid dienone is 5. The van der Waals surface area contributed by atoms with Gasteiger partial charge in [-0.15, -0.1) is 0 Å². The molecule has 0 N–H and O–H groups in total. The molecule has 0 radical (unpaired) electrons. The normalized spacial score (nSPS) is 13.1. The average molecular weight is 434 g/mol. The maximum absolute atomic E-state index is 6.42. The minimum atomic E-state index is -2.59. The molecule has 0 aliphatic heterocycles. The van der Waals surface area contributed by atoms with Gasteiger partial charge in [0.1, 0.15) is 0 Å². The molecular formula is C19H16Cl2N2Zr. The van der Waals surface area contributed by atoms with E-state index in [-0.39, 0.29) is 5.92 Å². The van der Waals surface area contributed by atoms with Crippen molar-refractivity contribution >= 4 is 25.8 Å². The Hall–Kier alpha value is -1.15. The van der Waals surface area contributed by atoms with E-state index in [1.54, 1.807) is 12.4 Å². The molecule has 0 bridgehead atoms. The summed E-state index contributed by atoms with van der Waals surface area (Å²) >= 11 is -2.59. The predicted octanol–water partition coefficient (Wildman–Crippen LogP) is 5.14. The molecule has 3 rings (SSSR count). The van der Waals surface area contributed by atoms with Gasteiger partial charge in [0.05, 0.1) is 0 Å². The third-order valence-corrected chi connectivity index (χ3v) is 9.29. The van der Waals surface area contributed by atoms with Crippen molar-refractivity contribution in [2.75, 3.05) is 0 Å². The number of aromatic nitrogens is 2. The minimum absolute atomic E-state index is 0.150. The SMILES string of the molecule is C[C](C(=C(c1ccccn1)c1ccccn1)C1C=CC=C1)=[Zr]([Cl])[Cl]. The first-order chi connectivity index (χ1) is 11.7.